The minimum Gasteiger partial charge on any atom is -0.491 e. The zero-order chi connectivity index (χ0) is 11.3. The number of aliphatic hydroxyl groups is 1. The van der Waals surface area contributed by atoms with Gasteiger partial charge in [0, 0.05) is 6.54 Å². The molecule has 1 N–H and O–H groups in total. The third-order valence-electron chi connectivity index (χ3n) is 1.99. The highest BCUT2D eigenvalue weighted by Gasteiger charge is 2.05. The van der Waals surface area contributed by atoms with Gasteiger partial charge < -0.3 is 9.84 Å². The summed E-state index contributed by atoms with van der Waals surface area (Å²) < 4.78 is 18.5. The fraction of sp³-hybridized carbons (Fsp3) is 0.455. The van der Waals surface area contributed by atoms with Crippen molar-refractivity contribution in [2.45, 2.75) is 13.5 Å². The van der Waals surface area contributed by atoms with Gasteiger partial charge in [-0.15, -0.1) is 0 Å². The first-order chi connectivity index (χ1) is 7.17. The fourth-order valence-corrected chi connectivity index (χ4v) is 1.28. The molecule has 0 spiro atoms. The first-order valence-corrected chi connectivity index (χ1v) is 4.88. The van der Waals surface area contributed by atoms with Crippen LogP contribution in [-0.4, -0.2) is 30.4 Å². The van der Waals surface area contributed by atoms with Crippen LogP contribution < -0.4 is 4.74 Å². The van der Waals surface area contributed by atoms with Crippen molar-refractivity contribution in [3.05, 3.63) is 29.6 Å². The Hall–Kier alpha value is -1.13. The van der Waals surface area contributed by atoms with Crippen LogP contribution in [0.5, 0.6) is 5.75 Å². The molecule has 0 amide bonds. The van der Waals surface area contributed by atoms with Crippen molar-refractivity contribution in [1.82, 2.24) is 4.90 Å². The Balaban J connectivity index is 2.73. The molecule has 0 aliphatic rings. The molecule has 0 aliphatic carbocycles. The molecule has 0 saturated carbocycles. The molecule has 4 heteroatoms. The van der Waals surface area contributed by atoms with E-state index in [1.54, 1.807) is 24.1 Å². The molecular weight excluding hydrogens is 197 g/mol. The molecule has 0 bridgehead atoms. The number of hydrogen-bond donors (Lipinski definition) is 1. The summed E-state index contributed by atoms with van der Waals surface area (Å²) >= 11 is 0. The van der Waals surface area contributed by atoms with Gasteiger partial charge in [0.15, 0.2) is 11.6 Å². The summed E-state index contributed by atoms with van der Waals surface area (Å²) in [6.07, 6.45) is 0. The number of halogens is 1. The first-order valence-electron chi connectivity index (χ1n) is 4.88. The Labute approximate surface area is 89.1 Å². The summed E-state index contributed by atoms with van der Waals surface area (Å²) in [6, 6.07) is 4.83. The van der Waals surface area contributed by atoms with Crippen molar-refractivity contribution in [3.63, 3.8) is 0 Å². The maximum absolute atomic E-state index is 13.4. The van der Waals surface area contributed by atoms with Crippen molar-refractivity contribution in [1.29, 1.82) is 0 Å². The third kappa shape index (κ3) is 3.49. The quantitative estimate of drug-likeness (QED) is 0.754. The number of rotatable bonds is 5. The van der Waals surface area contributed by atoms with Crippen molar-refractivity contribution < 1.29 is 14.2 Å². The summed E-state index contributed by atoms with van der Waals surface area (Å²) in [7, 11) is 1.76. The van der Waals surface area contributed by atoms with E-state index in [-0.39, 0.29) is 18.3 Å². The average Bonchev–Trinajstić information content (AvgIpc) is 2.22. The van der Waals surface area contributed by atoms with Crippen molar-refractivity contribution >= 4 is 0 Å². The topological polar surface area (TPSA) is 32.7 Å². The van der Waals surface area contributed by atoms with Crippen LogP contribution in [0.25, 0.3) is 0 Å². The van der Waals surface area contributed by atoms with Crippen molar-refractivity contribution in [2.24, 2.45) is 0 Å². The van der Waals surface area contributed by atoms with Crippen LogP contribution in [0.4, 0.5) is 4.39 Å². The molecule has 1 rings (SSSR count). The molecule has 1 aromatic rings. The van der Waals surface area contributed by atoms with Gasteiger partial charge in [0.05, 0.1) is 13.3 Å². The van der Waals surface area contributed by atoms with E-state index in [0.29, 0.717) is 13.2 Å². The predicted molar refractivity (Wildman–Crippen MR) is 56.1 cm³/mol. The van der Waals surface area contributed by atoms with Gasteiger partial charge >= 0.3 is 0 Å². The van der Waals surface area contributed by atoms with E-state index in [4.69, 9.17) is 9.84 Å². The van der Waals surface area contributed by atoms with Crippen LogP contribution in [0.1, 0.15) is 12.5 Å². The second-order valence-electron chi connectivity index (χ2n) is 3.35. The zero-order valence-electron chi connectivity index (χ0n) is 9.03. The largest absolute Gasteiger partial charge is 0.491 e. The van der Waals surface area contributed by atoms with Gasteiger partial charge in [0.2, 0.25) is 0 Å². The predicted octanol–water partition coefficient (Wildman–Crippen LogP) is 1.61. The number of ether oxygens (including phenoxy) is 1. The van der Waals surface area contributed by atoms with Crippen molar-refractivity contribution in [2.75, 3.05) is 20.4 Å². The molecule has 0 fully saturated rings. The van der Waals surface area contributed by atoms with Crippen LogP contribution in [0.15, 0.2) is 18.2 Å². The lowest BCUT2D eigenvalue weighted by Gasteiger charge is -2.13. The monoisotopic (exact) mass is 213 g/mol. The van der Waals surface area contributed by atoms with Crippen LogP contribution in [0, 0.1) is 5.82 Å². The molecule has 1 aromatic carbocycles. The van der Waals surface area contributed by atoms with E-state index >= 15 is 0 Å². The molecular formula is C11H16FNO2. The smallest absolute Gasteiger partial charge is 0.165 e. The summed E-state index contributed by atoms with van der Waals surface area (Å²) in [4.78, 5) is 1.68. The normalized spacial score (nSPS) is 10.7. The molecule has 15 heavy (non-hydrogen) atoms. The fourth-order valence-electron chi connectivity index (χ4n) is 1.28. The Morgan fingerprint density at radius 1 is 1.47 bits per heavy atom. The van der Waals surface area contributed by atoms with E-state index in [1.807, 2.05) is 6.92 Å². The molecule has 0 aromatic heterocycles. The highest BCUT2D eigenvalue weighted by molar-refractivity contribution is 5.29. The Morgan fingerprint density at radius 2 is 2.20 bits per heavy atom. The number of benzene rings is 1. The molecule has 0 saturated heterocycles. The molecule has 84 valence electrons. The molecule has 0 radical (unpaired) electrons. The standard InChI is InChI=1S/C11H16FNO2/c1-3-15-11-5-4-9(6-10(11)12)7-13(2)8-14/h4-6,14H,3,7-8H2,1-2H3. The Morgan fingerprint density at radius 3 is 2.73 bits per heavy atom. The van der Waals surface area contributed by atoms with Crippen LogP contribution in [0.2, 0.25) is 0 Å². The molecule has 0 unspecified atom stereocenters. The van der Waals surface area contributed by atoms with Gasteiger partial charge in [-0.05, 0) is 31.7 Å². The molecule has 0 aliphatic heterocycles. The number of hydrogen-bond acceptors (Lipinski definition) is 3. The lowest BCUT2D eigenvalue weighted by molar-refractivity contribution is 0.127. The van der Waals surface area contributed by atoms with Gasteiger partial charge in [-0.25, -0.2) is 4.39 Å². The molecule has 0 atom stereocenters. The van der Waals surface area contributed by atoms with E-state index in [0.717, 1.165) is 5.56 Å². The van der Waals surface area contributed by atoms with Crippen LogP contribution in [0.3, 0.4) is 0 Å². The van der Waals surface area contributed by atoms with E-state index in [2.05, 4.69) is 0 Å². The molecule has 3 nitrogen and oxygen atoms in total. The average molecular weight is 213 g/mol. The van der Waals surface area contributed by atoms with Crippen molar-refractivity contribution in [3.8, 4) is 5.75 Å². The van der Waals surface area contributed by atoms with Crippen LogP contribution in [-0.2, 0) is 6.54 Å². The maximum Gasteiger partial charge on any atom is 0.165 e. The van der Waals surface area contributed by atoms with E-state index in [1.165, 1.54) is 6.07 Å². The Bertz CT molecular complexity index is 317. The van der Waals surface area contributed by atoms with E-state index in [9.17, 15) is 4.39 Å². The minimum absolute atomic E-state index is 0.0468. The van der Waals surface area contributed by atoms with Gasteiger partial charge in [0.25, 0.3) is 0 Å². The summed E-state index contributed by atoms with van der Waals surface area (Å²) in [5.41, 5.74) is 0.813. The summed E-state index contributed by atoms with van der Waals surface area (Å²) in [5.74, 6) is -0.0893. The van der Waals surface area contributed by atoms with E-state index < -0.39 is 0 Å². The highest BCUT2D eigenvalue weighted by Crippen LogP contribution is 2.18. The zero-order valence-corrected chi connectivity index (χ0v) is 9.03. The first kappa shape index (κ1) is 11.9. The lowest BCUT2D eigenvalue weighted by atomic mass is 10.2. The molecule has 0 heterocycles. The lowest BCUT2D eigenvalue weighted by Crippen LogP contribution is -2.18. The van der Waals surface area contributed by atoms with Gasteiger partial charge in [-0.3, -0.25) is 4.90 Å². The second-order valence-corrected chi connectivity index (χ2v) is 3.35. The SMILES string of the molecule is CCOc1ccc(CN(C)CO)cc1F. The maximum atomic E-state index is 13.4. The van der Waals surface area contributed by atoms with Gasteiger partial charge in [-0.2, -0.15) is 0 Å². The highest BCUT2D eigenvalue weighted by atomic mass is 19.1. The second kappa shape index (κ2) is 5.68. The summed E-state index contributed by atoms with van der Waals surface area (Å²) in [6.45, 7) is 2.73. The summed E-state index contributed by atoms with van der Waals surface area (Å²) in [5, 5.41) is 8.81. The number of nitrogens with zero attached hydrogens (tertiary/aromatic N) is 1. The number of aliphatic hydroxyl groups excluding tert-OH is 1. The Kier molecular flexibility index (Phi) is 4.52. The van der Waals surface area contributed by atoms with Gasteiger partial charge in [-0.1, -0.05) is 6.07 Å². The van der Waals surface area contributed by atoms with Crippen LogP contribution >= 0.6 is 0 Å². The third-order valence-corrected chi connectivity index (χ3v) is 1.99. The van der Waals surface area contributed by atoms with Gasteiger partial charge in [0.1, 0.15) is 0 Å². The minimum atomic E-state index is -0.360.